The van der Waals surface area contributed by atoms with Gasteiger partial charge in [0.05, 0.1) is 28.5 Å². The van der Waals surface area contributed by atoms with Gasteiger partial charge in [0.1, 0.15) is 15.9 Å². The Morgan fingerprint density at radius 3 is 2.22 bits per heavy atom. The van der Waals surface area contributed by atoms with Crippen LogP contribution in [0.2, 0.25) is 0 Å². The third kappa shape index (κ3) is 2.45. The third-order valence-electron chi connectivity index (χ3n) is 4.42. The quantitative estimate of drug-likeness (QED) is 0.415. The molecule has 2 aromatic rings. The number of hydrogen-bond donors (Lipinski definition) is 2. The average Bonchev–Trinajstić information content (AvgIpc) is 2.48. The molecule has 0 bridgehead atoms. The van der Waals surface area contributed by atoms with Crippen LogP contribution in [0.15, 0.2) is 4.60 Å². The van der Waals surface area contributed by atoms with E-state index in [-0.39, 0.29) is 29.3 Å². The second kappa shape index (κ2) is 6.36. The Bertz CT molecular complexity index is 911. The number of hydrogen-bond acceptors (Lipinski definition) is 3. The first-order valence-corrected chi connectivity index (χ1v) is 8.99. The summed E-state index contributed by atoms with van der Waals surface area (Å²) >= 11 is 6.78. The Kier molecular flexibility index (Phi) is 4.60. The molecule has 1 heterocycles. The molecule has 1 aliphatic carbocycles. The molecule has 1 aromatic carbocycles. The van der Waals surface area contributed by atoms with E-state index in [1.54, 1.807) is 0 Å². The van der Waals surface area contributed by atoms with Gasteiger partial charge in [-0.05, 0) is 45.8 Å². The number of alkyl halides is 1. The van der Waals surface area contributed by atoms with Crippen molar-refractivity contribution in [3.05, 3.63) is 26.2 Å². The molecule has 3 rings (SSSR count). The summed E-state index contributed by atoms with van der Waals surface area (Å²) in [6.07, 6.45) is 3.12. The molecule has 0 aliphatic heterocycles. The monoisotopic (exact) mass is 447 g/mol. The highest BCUT2D eigenvalue weighted by molar-refractivity contribution is 9.10. The highest BCUT2D eigenvalue weighted by Gasteiger charge is 2.29. The fraction of sp³-hybridized carbons (Fsp3) is 0.312. The Morgan fingerprint density at radius 2 is 1.74 bits per heavy atom. The average molecular weight is 449 g/mol. The van der Waals surface area contributed by atoms with Crippen LogP contribution in [0.25, 0.3) is 23.6 Å². The van der Waals surface area contributed by atoms with Gasteiger partial charge in [-0.2, -0.15) is 0 Å². The van der Waals surface area contributed by atoms with Crippen LogP contribution in [0.5, 0.6) is 11.5 Å². The molecule has 0 atom stereocenters. The zero-order valence-corrected chi connectivity index (χ0v) is 15.1. The lowest BCUT2D eigenvalue weighted by Crippen LogP contribution is -2.26. The number of nitrogens with zero attached hydrogens (tertiary/aromatic N) is 1. The summed E-state index contributed by atoms with van der Waals surface area (Å²) in [5.41, 5.74) is 1.74. The van der Waals surface area contributed by atoms with Gasteiger partial charge in [-0.1, -0.05) is 22.4 Å². The van der Waals surface area contributed by atoms with Gasteiger partial charge in [0.25, 0.3) is 0 Å². The van der Waals surface area contributed by atoms with Gasteiger partial charge >= 0.3 is 0 Å². The van der Waals surface area contributed by atoms with Crippen molar-refractivity contribution < 1.29 is 19.0 Å². The van der Waals surface area contributed by atoms with Gasteiger partial charge in [0.15, 0.2) is 5.75 Å². The van der Waals surface area contributed by atoms with E-state index in [1.165, 1.54) is 0 Å². The van der Waals surface area contributed by atoms with Gasteiger partial charge in [0, 0.05) is 5.33 Å². The van der Waals surface area contributed by atoms with E-state index in [1.807, 2.05) is 0 Å². The molecule has 7 heteroatoms. The number of aromatic nitrogens is 1. The van der Waals surface area contributed by atoms with Crippen molar-refractivity contribution in [3.63, 3.8) is 0 Å². The smallest absolute Gasteiger partial charge is 0.152 e. The maximum atomic E-state index is 13.2. The summed E-state index contributed by atoms with van der Waals surface area (Å²) in [4.78, 5) is 4.25. The van der Waals surface area contributed by atoms with Crippen molar-refractivity contribution in [1.29, 1.82) is 0 Å². The highest BCUT2D eigenvalue weighted by Crippen LogP contribution is 2.45. The van der Waals surface area contributed by atoms with Crippen LogP contribution < -0.4 is 10.4 Å². The van der Waals surface area contributed by atoms with Crippen molar-refractivity contribution in [2.75, 3.05) is 0 Å². The predicted molar refractivity (Wildman–Crippen MR) is 92.4 cm³/mol. The molecule has 1 aliphatic rings. The number of pyridine rings is 1. The molecule has 0 radical (unpaired) electrons. The van der Waals surface area contributed by atoms with Gasteiger partial charge < -0.3 is 10.2 Å². The third-order valence-corrected chi connectivity index (χ3v) is 5.63. The zero-order chi connectivity index (χ0) is 16.7. The molecule has 1 aromatic heterocycles. The lowest BCUT2D eigenvalue weighted by molar-refractivity contribution is 0.417. The molecular weight excluding hydrogens is 436 g/mol. The van der Waals surface area contributed by atoms with Crippen LogP contribution in [0.3, 0.4) is 0 Å². The van der Waals surface area contributed by atoms with E-state index < -0.39 is 16.7 Å². The van der Waals surface area contributed by atoms with Crippen molar-refractivity contribution in [1.82, 2.24) is 4.98 Å². The van der Waals surface area contributed by atoms with Gasteiger partial charge in [-0.3, -0.25) is 0 Å². The molecule has 122 valence electrons. The fourth-order valence-corrected chi connectivity index (χ4v) is 4.51. The first kappa shape index (κ1) is 16.6. The molecule has 0 unspecified atom stereocenters. The largest absolute Gasteiger partial charge is 0.506 e. The summed E-state index contributed by atoms with van der Waals surface area (Å²) in [7, 11) is 0. The minimum Gasteiger partial charge on any atom is -0.506 e. The van der Waals surface area contributed by atoms with Crippen molar-refractivity contribution in [2.24, 2.45) is 0 Å². The second-order valence-electron chi connectivity index (χ2n) is 5.52. The highest BCUT2D eigenvalue weighted by atomic mass is 79.9. The number of fused-ring (bicyclic) bond motifs is 1. The molecule has 0 amide bonds. The van der Waals surface area contributed by atoms with Gasteiger partial charge in [0.2, 0.25) is 0 Å². The first-order chi connectivity index (χ1) is 11.0. The van der Waals surface area contributed by atoms with Crippen LogP contribution in [0.4, 0.5) is 8.78 Å². The molecule has 23 heavy (non-hydrogen) atoms. The number of benzene rings is 1. The topological polar surface area (TPSA) is 53.4 Å². The molecule has 1 saturated carbocycles. The summed E-state index contributed by atoms with van der Waals surface area (Å²) in [5.74, 6) is -0.679. The lowest BCUT2D eigenvalue weighted by Gasteiger charge is -2.29. The van der Waals surface area contributed by atoms with Gasteiger partial charge in [-0.15, -0.1) is 0 Å². The van der Waals surface area contributed by atoms with Crippen LogP contribution in [-0.4, -0.2) is 15.2 Å². The van der Waals surface area contributed by atoms with Crippen molar-refractivity contribution >= 4 is 55.4 Å². The number of halogens is 4. The molecule has 0 spiro atoms. The Morgan fingerprint density at radius 1 is 1.13 bits per heavy atom. The number of rotatable bonds is 2. The predicted octanol–water partition coefficient (Wildman–Crippen LogP) is 3.99. The Balaban J connectivity index is 2.60. The lowest BCUT2D eigenvalue weighted by atomic mass is 9.77. The minimum atomic E-state index is -0.480. The zero-order valence-electron chi connectivity index (χ0n) is 11.9. The normalized spacial score (nSPS) is 17.0. The molecule has 3 nitrogen and oxygen atoms in total. The number of phenols is 2. The second-order valence-corrected chi connectivity index (χ2v) is 6.83. The van der Waals surface area contributed by atoms with E-state index in [4.69, 9.17) is 0 Å². The van der Waals surface area contributed by atoms with Crippen molar-refractivity contribution in [3.8, 4) is 11.5 Å². The van der Waals surface area contributed by atoms with E-state index in [2.05, 4.69) is 36.8 Å². The fourth-order valence-electron chi connectivity index (χ4n) is 3.03. The van der Waals surface area contributed by atoms with Gasteiger partial charge in [-0.25, -0.2) is 13.8 Å². The first-order valence-electron chi connectivity index (χ1n) is 7.07. The summed E-state index contributed by atoms with van der Waals surface area (Å²) in [6.45, 7) is 0. The maximum absolute atomic E-state index is 13.2. The minimum absolute atomic E-state index is 0.0653. The maximum Gasteiger partial charge on any atom is 0.152 e. The summed E-state index contributed by atoms with van der Waals surface area (Å²) < 4.78 is 26.8. The molecule has 1 fully saturated rings. The van der Waals surface area contributed by atoms with Crippen molar-refractivity contribution in [2.45, 2.75) is 30.5 Å². The summed E-state index contributed by atoms with van der Waals surface area (Å²) in [5, 5.41) is 20.8. The van der Waals surface area contributed by atoms with Crippen LogP contribution in [0.1, 0.15) is 36.3 Å². The van der Waals surface area contributed by atoms with Crippen LogP contribution in [-0.2, 0) is 5.33 Å². The molecule has 2 N–H and O–H groups in total. The van der Waals surface area contributed by atoms with E-state index >= 15 is 0 Å². The van der Waals surface area contributed by atoms with E-state index in [0.29, 0.717) is 15.3 Å². The Hall–Kier alpha value is -1.21. The van der Waals surface area contributed by atoms with E-state index in [0.717, 1.165) is 30.4 Å². The van der Waals surface area contributed by atoms with E-state index in [9.17, 15) is 19.0 Å². The summed E-state index contributed by atoms with van der Waals surface area (Å²) in [6, 6.07) is 0. The SMILES string of the molecule is Oc1c(=CF)c(=CF)c(O)c2c(C3CCC3)c(CBr)c(Br)nc12. The Labute approximate surface area is 147 Å². The standard InChI is InChI=1S/C16H13Br2F2NO2/c17-4-8-11(7-2-1-3-7)12-13(21-16(8)18)15(23)10(6-20)9(5-19)14(12)22/h5-7,22-23H,1-4H2. The molecular formula is C16H13Br2F2NO2. The molecule has 0 saturated heterocycles. The number of aromatic hydroxyl groups is 2. The van der Waals surface area contributed by atoms with Crippen LogP contribution >= 0.6 is 31.9 Å². The number of phenolic OH excluding ortho intramolecular Hbond substituents is 2. The van der Waals surface area contributed by atoms with Crippen LogP contribution in [0, 0.1) is 0 Å².